The highest BCUT2D eigenvalue weighted by Crippen LogP contribution is 2.19. The Morgan fingerprint density at radius 3 is 3.10 bits per heavy atom. The van der Waals surface area contributed by atoms with E-state index in [0.717, 1.165) is 31.5 Å². The Kier molecular flexibility index (Phi) is 5.59. The van der Waals surface area contributed by atoms with Gasteiger partial charge in [-0.25, -0.2) is 0 Å². The van der Waals surface area contributed by atoms with Gasteiger partial charge in [-0.1, -0.05) is 12.1 Å². The van der Waals surface area contributed by atoms with E-state index in [9.17, 15) is 9.90 Å². The highest BCUT2D eigenvalue weighted by Gasteiger charge is 2.24. The van der Waals surface area contributed by atoms with Gasteiger partial charge in [0.05, 0.1) is 19.1 Å². The summed E-state index contributed by atoms with van der Waals surface area (Å²) in [7, 11) is 3.62. The first-order chi connectivity index (χ1) is 10.1. The van der Waals surface area contributed by atoms with Gasteiger partial charge in [-0.3, -0.25) is 4.79 Å². The molecule has 5 heteroatoms. The van der Waals surface area contributed by atoms with Crippen LogP contribution in [0.3, 0.4) is 0 Å². The van der Waals surface area contributed by atoms with Crippen molar-refractivity contribution in [2.75, 3.05) is 33.8 Å². The highest BCUT2D eigenvalue weighted by molar-refractivity contribution is 5.79. The summed E-state index contributed by atoms with van der Waals surface area (Å²) in [6, 6.07) is 7.26. The van der Waals surface area contributed by atoms with Gasteiger partial charge in [0.1, 0.15) is 5.75 Å². The molecule has 0 saturated carbocycles. The molecule has 5 nitrogen and oxygen atoms in total. The lowest BCUT2D eigenvalue weighted by atomic mass is 9.97. The van der Waals surface area contributed by atoms with Gasteiger partial charge in [-0.05, 0) is 44.1 Å². The Morgan fingerprint density at radius 2 is 2.38 bits per heavy atom. The summed E-state index contributed by atoms with van der Waals surface area (Å²) in [6.45, 7) is 2.07. The van der Waals surface area contributed by atoms with Gasteiger partial charge in [-0.2, -0.15) is 0 Å². The average Bonchev–Trinajstić information content (AvgIpc) is 2.52. The number of piperidine rings is 1. The fourth-order valence-electron chi connectivity index (χ4n) is 2.69. The molecular weight excluding hydrogens is 268 g/mol. The van der Waals surface area contributed by atoms with Crippen molar-refractivity contribution in [3.63, 3.8) is 0 Å². The van der Waals surface area contributed by atoms with E-state index in [1.807, 2.05) is 25.2 Å². The summed E-state index contributed by atoms with van der Waals surface area (Å²) in [6.07, 6.45) is 1.25. The third-order valence-electron chi connectivity index (χ3n) is 3.94. The van der Waals surface area contributed by atoms with E-state index >= 15 is 0 Å². The molecule has 21 heavy (non-hydrogen) atoms. The molecular formula is C16H24N2O3. The van der Waals surface area contributed by atoms with Gasteiger partial charge in [0.25, 0.3) is 0 Å². The van der Waals surface area contributed by atoms with Crippen LogP contribution in [-0.2, 0) is 4.79 Å². The van der Waals surface area contributed by atoms with Crippen LogP contribution in [0.1, 0.15) is 24.5 Å². The summed E-state index contributed by atoms with van der Waals surface area (Å²) in [4.78, 5) is 14.3. The predicted molar refractivity (Wildman–Crippen MR) is 81.2 cm³/mol. The zero-order chi connectivity index (χ0) is 15.2. The number of likely N-dealkylation sites (tertiary alicyclic amines) is 1. The van der Waals surface area contributed by atoms with E-state index < -0.39 is 6.10 Å². The molecule has 116 valence electrons. The number of nitrogens with zero attached hydrogens (tertiary/aromatic N) is 1. The lowest BCUT2D eigenvalue weighted by molar-refractivity contribution is -0.127. The van der Waals surface area contributed by atoms with E-state index in [1.165, 1.54) is 0 Å². The minimum atomic E-state index is -0.717. The van der Waals surface area contributed by atoms with Crippen LogP contribution in [0.25, 0.3) is 0 Å². The van der Waals surface area contributed by atoms with Crippen LogP contribution in [0.2, 0.25) is 0 Å². The van der Waals surface area contributed by atoms with Crippen LogP contribution in [0.4, 0.5) is 0 Å². The molecule has 2 unspecified atom stereocenters. The van der Waals surface area contributed by atoms with Gasteiger partial charge in [0, 0.05) is 13.1 Å². The number of ether oxygens (including phenoxy) is 1. The Labute approximate surface area is 125 Å². The molecule has 2 rings (SSSR count). The number of carbonyl (C=O) groups is 1. The van der Waals surface area contributed by atoms with Crippen molar-refractivity contribution >= 4 is 5.91 Å². The normalized spacial score (nSPS) is 20.8. The van der Waals surface area contributed by atoms with Crippen LogP contribution < -0.4 is 10.1 Å². The molecule has 2 atom stereocenters. The number of hydrogen-bond acceptors (Lipinski definition) is 4. The lowest BCUT2D eigenvalue weighted by Crippen LogP contribution is -2.42. The molecule has 0 bridgehead atoms. The molecule has 0 radical (unpaired) electrons. The summed E-state index contributed by atoms with van der Waals surface area (Å²) < 4.78 is 5.13. The number of aliphatic hydroxyl groups excluding tert-OH is 1. The zero-order valence-electron chi connectivity index (χ0n) is 12.7. The SMILES string of the molecule is COc1cccc(C(O)CNC(=O)C2CCCN(C)C2)c1. The van der Waals surface area contributed by atoms with Gasteiger partial charge in [0.15, 0.2) is 0 Å². The van der Waals surface area contributed by atoms with Crippen LogP contribution in [0.15, 0.2) is 24.3 Å². The maximum atomic E-state index is 12.1. The number of amides is 1. The first-order valence-corrected chi connectivity index (χ1v) is 7.38. The molecule has 1 aromatic carbocycles. The molecule has 1 heterocycles. The minimum Gasteiger partial charge on any atom is -0.497 e. The number of methoxy groups -OCH3 is 1. The monoisotopic (exact) mass is 292 g/mol. The number of carbonyl (C=O) groups excluding carboxylic acids is 1. The number of benzene rings is 1. The lowest BCUT2D eigenvalue weighted by Gasteiger charge is -2.29. The average molecular weight is 292 g/mol. The van der Waals surface area contributed by atoms with Crippen molar-refractivity contribution < 1.29 is 14.6 Å². The van der Waals surface area contributed by atoms with E-state index in [2.05, 4.69) is 10.2 Å². The first kappa shape index (κ1) is 15.8. The first-order valence-electron chi connectivity index (χ1n) is 7.38. The fraction of sp³-hybridized carbons (Fsp3) is 0.562. The smallest absolute Gasteiger partial charge is 0.224 e. The number of hydrogen-bond donors (Lipinski definition) is 2. The Balaban J connectivity index is 1.85. The van der Waals surface area contributed by atoms with Crippen molar-refractivity contribution in [3.8, 4) is 5.75 Å². The molecule has 0 aliphatic carbocycles. The van der Waals surface area contributed by atoms with Crippen molar-refractivity contribution in [1.82, 2.24) is 10.2 Å². The van der Waals surface area contributed by atoms with E-state index in [4.69, 9.17) is 4.74 Å². The van der Waals surface area contributed by atoms with E-state index in [1.54, 1.807) is 13.2 Å². The molecule has 0 aromatic heterocycles. The molecule has 1 aromatic rings. The highest BCUT2D eigenvalue weighted by atomic mass is 16.5. The fourth-order valence-corrected chi connectivity index (χ4v) is 2.69. The third-order valence-corrected chi connectivity index (χ3v) is 3.94. The quantitative estimate of drug-likeness (QED) is 0.856. The largest absolute Gasteiger partial charge is 0.497 e. The Morgan fingerprint density at radius 1 is 1.57 bits per heavy atom. The summed E-state index contributed by atoms with van der Waals surface area (Å²) in [5, 5.41) is 13.0. The maximum Gasteiger partial charge on any atom is 0.224 e. The molecule has 0 spiro atoms. The van der Waals surface area contributed by atoms with Gasteiger partial charge in [0.2, 0.25) is 5.91 Å². The number of rotatable bonds is 5. The minimum absolute atomic E-state index is 0.0289. The maximum absolute atomic E-state index is 12.1. The van der Waals surface area contributed by atoms with Crippen molar-refractivity contribution in [3.05, 3.63) is 29.8 Å². The molecule has 1 aliphatic rings. The number of aliphatic hydroxyl groups is 1. The topological polar surface area (TPSA) is 61.8 Å². The van der Waals surface area contributed by atoms with Gasteiger partial charge in [-0.15, -0.1) is 0 Å². The molecule has 1 amide bonds. The molecule has 2 N–H and O–H groups in total. The summed E-state index contributed by atoms with van der Waals surface area (Å²) in [5.74, 6) is 0.761. The Hall–Kier alpha value is -1.59. The standard InChI is InChI=1S/C16H24N2O3/c1-18-8-4-6-13(11-18)16(20)17-10-15(19)12-5-3-7-14(9-12)21-2/h3,5,7,9,13,15,19H,4,6,8,10-11H2,1-2H3,(H,17,20). The van der Waals surface area contributed by atoms with Gasteiger partial charge >= 0.3 is 0 Å². The molecule has 1 saturated heterocycles. The third kappa shape index (κ3) is 4.44. The summed E-state index contributed by atoms with van der Waals surface area (Å²) >= 11 is 0. The second kappa shape index (κ2) is 7.43. The molecule has 1 aliphatic heterocycles. The summed E-state index contributed by atoms with van der Waals surface area (Å²) in [5.41, 5.74) is 0.746. The van der Waals surface area contributed by atoms with E-state index in [-0.39, 0.29) is 18.4 Å². The zero-order valence-corrected chi connectivity index (χ0v) is 12.7. The van der Waals surface area contributed by atoms with Crippen molar-refractivity contribution in [2.24, 2.45) is 5.92 Å². The van der Waals surface area contributed by atoms with Crippen LogP contribution in [0.5, 0.6) is 5.75 Å². The second-order valence-electron chi connectivity index (χ2n) is 5.64. The number of nitrogens with one attached hydrogen (secondary N) is 1. The second-order valence-corrected chi connectivity index (χ2v) is 5.64. The molecule has 1 fully saturated rings. The Bertz CT molecular complexity index is 478. The predicted octanol–water partition coefficient (Wildman–Crippen LogP) is 1.19. The van der Waals surface area contributed by atoms with Gasteiger partial charge < -0.3 is 20.1 Å². The van der Waals surface area contributed by atoms with Crippen molar-refractivity contribution in [2.45, 2.75) is 18.9 Å². The van der Waals surface area contributed by atoms with Crippen molar-refractivity contribution in [1.29, 1.82) is 0 Å². The van der Waals surface area contributed by atoms with Crippen LogP contribution in [0, 0.1) is 5.92 Å². The van der Waals surface area contributed by atoms with Crippen LogP contribution >= 0.6 is 0 Å². The van der Waals surface area contributed by atoms with E-state index in [0.29, 0.717) is 5.75 Å². The van der Waals surface area contributed by atoms with Crippen LogP contribution in [-0.4, -0.2) is 49.7 Å².